The van der Waals surface area contributed by atoms with Crippen LogP contribution >= 0.6 is 11.6 Å². The van der Waals surface area contributed by atoms with Crippen LogP contribution in [0.2, 0.25) is 5.02 Å². The quantitative estimate of drug-likeness (QED) is 0.628. The van der Waals surface area contributed by atoms with Crippen LogP contribution in [0.5, 0.6) is 11.5 Å². The monoisotopic (exact) mass is 274 g/mol. The highest BCUT2D eigenvalue weighted by atomic mass is 35.5. The molecule has 5 nitrogen and oxygen atoms in total. The Morgan fingerprint density at radius 1 is 1.21 bits per heavy atom. The zero-order chi connectivity index (χ0) is 13.8. The van der Waals surface area contributed by atoms with Gasteiger partial charge in [0.1, 0.15) is 17.6 Å². The molecule has 19 heavy (non-hydrogen) atoms. The fourth-order valence-corrected chi connectivity index (χ4v) is 1.60. The Morgan fingerprint density at radius 2 is 1.89 bits per heavy atom. The lowest BCUT2D eigenvalue weighted by Gasteiger charge is -2.07. The van der Waals surface area contributed by atoms with E-state index in [1.165, 1.54) is 30.3 Å². The first-order chi connectivity index (χ1) is 9.10. The van der Waals surface area contributed by atoms with Crippen LogP contribution in [0.1, 0.15) is 5.56 Å². The molecule has 0 heterocycles. The van der Waals surface area contributed by atoms with Gasteiger partial charge < -0.3 is 4.74 Å². The van der Waals surface area contributed by atoms with Gasteiger partial charge in [0.05, 0.1) is 10.5 Å². The molecule has 0 aliphatic rings. The van der Waals surface area contributed by atoms with Gasteiger partial charge in [-0.1, -0.05) is 11.6 Å². The van der Waals surface area contributed by atoms with Gasteiger partial charge in [-0.05, 0) is 24.3 Å². The normalized spacial score (nSPS) is 9.68. The number of nitro groups is 1. The molecule has 0 unspecified atom stereocenters. The van der Waals surface area contributed by atoms with E-state index in [1.54, 1.807) is 12.1 Å². The average Bonchev–Trinajstić information content (AvgIpc) is 2.39. The van der Waals surface area contributed by atoms with Crippen molar-refractivity contribution in [2.24, 2.45) is 0 Å². The topological polar surface area (TPSA) is 76.2 Å². The van der Waals surface area contributed by atoms with Gasteiger partial charge >= 0.3 is 0 Å². The number of hydrogen-bond donors (Lipinski definition) is 0. The van der Waals surface area contributed by atoms with Gasteiger partial charge in [0, 0.05) is 23.2 Å². The average molecular weight is 275 g/mol. The number of ether oxygens (including phenoxy) is 1. The number of rotatable bonds is 3. The summed E-state index contributed by atoms with van der Waals surface area (Å²) in [5.74, 6) is 0.702. The molecule has 0 saturated heterocycles. The molecule has 2 aromatic rings. The van der Waals surface area contributed by atoms with Crippen LogP contribution in [0.15, 0.2) is 42.5 Å². The standard InChI is InChI=1S/C13H7ClN2O3/c14-10-2-1-9(8-15)13(7-10)19-12-5-3-11(4-6-12)16(17)18/h1-7H. The molecule has 94 valence electrons. The number of nitrogens with zero attached hydrogens (tertiary/aromatic N) is 2. The van der Waals surface area contributed by atoms with Crippen LogP contribution < -0.4 is 4.74 Å². The first-order valence-corrected chi connectivity index (χ1v) is 5.60. The van der Waals surface area contributed by atoms with Gasteiger partial charge in [-0.25, -0.2) is 0 Å². The first-order valence-electron chi connectivity index (χ1n) is 5.22. The van der Waals surface area contributed by atoms with Gasteiger partial charge in [0.25, 0.3) is 5.69 Å². The predicted octanol–water partition coefficient (Wildman–Crippen LogP) is 3.91. The van der Waals surface area contributed by atoms with Crippen molar-refractivity contribution in [2.75, 3.05) is 0 Å². The van der Waals surface area contributed by atoms with Gasteiger partial charge in [-0.15, -0.1) is 0 Å². The zero-order valence-corrected chi connectivity index (χ0v) is 10.3. The Hall–Kier alpha value is -2.58. The lowest BCUT2D eigenvalue weighted by Crippen LogP contribution is -1.90. The predicted molar refractivity (Wildman–Crippen MR) is 69.3 cm³/mol. The van der Waals surface area contributed by atoms with Crippen LogP contribution in [-0.4, -0.2) is 4.92 Å². The van der Waals surface area contributed by atoms with E-state index in [1.807, 2.05) is 6.07 Å². The summed E-state index contributed by atoms with van der Waals surface area (Å²) in [4.78, 5) is 10.0. The van der Waals surface area contributed by atoms with Crippen LogP contribution in [0, 0.1) is 21.4 Å². The fraction of sp³-hybridized carbons (Fsp3) is 0. The van der Waals surface area contributed by atoms with E-state index in [9.17, 15) is 10.1 Å². The summed E-state index contributed by atoms with van der Waals surface area (Å²) < 4.78 is 5.49. The zero-order valence-electron chi connectivity index (χ0n) is 9.54. The second-order valence-corrected chi connectivity index (χ2v) is 4.04. The van der Waals surface area contributed by atoms with Gasteiger partial charge in [-0.2, -0.15) is 5.26 Å². The molecule has 6 heteroatoms. The van der Waals surface area contributed by atoms with E-state index in [4.69, 9.17) is 21.6 Å². The second-order valence-electron chi connectivity index (χ2n) is 3.61. The minimum atomic E-state index is -0.496. The Morgan fingerprint density at radius 3 is 2.47 bits per heavy atom. The molecule has 0 amide bonds. The van der Waals surface area contributed by atoms with Crippen LogP contribution in [0.3, 0.4) is 0 Å². The maximum Gasteiger partial charge on any atom is 0.269 e. The van der Waals surface area contributed by atoms with E-state index in [-0.39, 0.29) is 5.69 Å². The van der Waals surface area contributed by atoms with Crippen molar-refractivity contribution in [3.63, 3.8) is 0 Å². The summed E-state index contributed by atoms with van der Waals surface area (Å²) in [6, 6.07) is 12.2. The van der Waals surface area contributed by atoms with Crippen molar-refractivity contribution in [3.05, 3.63) is 63.2 Å². The lowest BCUT2D eigenvalue weighted by atomic mass is 10.2. The molecular weight excluding hydrogens is 268 g/mol. The number of nitro benzene ring substituents is 1. The highest BCUT2D eigenvalue weighted by Crippen LogP contribution is 2.28. The first kappa shape index (κ1) is 12.9. The smallest absolute Gasteiger partial charge is 0.269 e. The van der Waals surface area contributed by atoms with Crippen molar-refractivity contribution in [1.82, 2.24) is 0 Å². The van der Waals surface area contributed by atoms with Crippen molar-refractivity contribution >= 4 is 17.3 Å². The summed E-state index contributed by atoms with van der Waals surface area (Å²) in [5.41, 5.74) is 0.307. The molecule has 2 aromatic carbocycles. The third-order valence-electron chi connectivity index (χ3n) is 2.34. The van der Waals surface area contributed by atoms with Crippen LogP contribution in [0.4, 0.5) is 5.69 Å². The van der Waals surface area contributed by atoms with Crippen molar-refractivity contribution in [3.8, 4) is 17.6 Å². The van der Waals surface area contributed by atoms with Crippen molar-refractivity contribution in [2.45, 2.75) is 0 Å². The molecule has 0 aromatic heterocycles. The minimum Gasteiger partial charge on any atom is -0.456 e. The van der Waals surface area contributed by atoms with E-state index in [0.717, 1.165) is 0 Å². The molecule has 0 radical (unpaired) electrons. The molecule has 0 aliphatic heterocycles. The fourth-order valence-electron chi connectivity index (χ4n) is 1.44. The molecule has 0 N–H and O–H groups in total. The molecule has 0 aliphatic carbocycles. The molecule has 2 rings (SSSR count). The van der Waals surface area contributed by atoms with Gasteiger partial charge in [-0.3, -0.25) is 10.1 Å². The largest absolute Gasteiger partial charge is 0.456 e. The molecule has 0 bridgehead atoms. The van der Waals surface area contributed by atoms with Crippen molar-refractivity contribution < 1.29 is 9.66 Å². The van der Waals surface area contributed by atoms with Gasteiger partial charge in [0.15, 0.2) is 0 Å². The molecule has 0 fully saturated rings. The summed E-state index contributed by atoms with van der Waals surface area (Å²) in [6.07, 6.45) is 0. The summed E-state index contributed by atoms with van der Waals surface area (Å²) in [5, 5.41) is 19.9. The molecule has 0 saturated carbocycles. The van der Waals surface area contributed by atoms with E-state index in [0.29, 0.717) is 22.1 Å². The summed E-state index contributed by atoms with van der Waals surface area (Å²) >= 11 is 5.83. The maximum absolute atomic E-state index is 10.5. The highest BCUT2D eigenvalue weighted by molar-refractivity contribution is 6.30. The Kier molecular flexibility index (Phi) is 3.64. The third kappa shape index (κ3) is 3.00. The second kappa shape index (κ2) is 5.38. The van der Waals surface area contributed by atoms with E-state index < -0.39 is 4.92 Å². The number of non-ortho nitro benzene ring substituents is 1. The number of benzene rings is 2. The number of nitriles is 1. The van der Waals surface area contributed by atoms with E-state index >= 15 is 0 Å². The Bertz CT molecular complexity index is 663. The van der Waals surface area contributed by atoms with Crippen LogP contribution in [0.25, 0.3) is 0 Å². The summed E-state index contributed by atoms with van der Waals surface area (Å²) in [7, 11) is 0. The SMILES string of the molecule is N#Cc1ccc(Cl)cc1Oc1ccc([N+](=O)[O-])cc1. The molecule has 0 atom stereocenters. The number of halogens is 1. The highest BCUT2D eigenvalue weighted by Gasteiger charge is 2.08. The maximum atomic E-state index is 10.5. The van der Waals surface area contributed by atoms with Crippen LogP contribution in [-0.2, 0) is 0 Å². The summed E-state index contributed by atoms with van der Waals surface area (Å²) in [6.45, 7) is 0. The molecule has 0 spiro atoms. The minimum absolute atomic E-state index is 0.0287. The van der Waals surface area contributed by atoms with Crippen molar-refractivity contribution in [1.29, 1.82) is 5.26 Å². The van der Waals surface area contributed by atoms with E-state index in [2.05, 4.69) is 0 Å². The van der Waals surface area contributed by atoms with Gasteiger partial charge in [0.2, 0.25) is 0 Å². The number of hydrogen-bond acceptors (Lipinski definition) is 4. The Balaban J connectivity index is 2.28. The lowest BCUT2D eigenvalue weighted by molar-refractivity contribution is -0.384. The third-order valence-corrected chi connectivity index (χ3v) is 2.57. The molecular formula is C13H7ClN2O3. The Labute approximate surface area is 113 Å².